The second-order valence-electron chi connectivity index (χ2n) is 4.02. The molecule has 7 heteroatoms. The van der Waals surface area contributed by atoms with Crippen LogP contribution < -0.4 is 5.01 Å². The molecule has 0 radical (unpaired) electrons. The highest BCUT2D eigenvalue weighted by atomic mass is 16.4. The molecule has 1 aliphatic rings. The lowest BCUT2D eigenvalue weighted by Crippen LogP contribution is -2.34. The van der Waals surface area contributed by atoms with Gasteiger partial charge in [0.25, 0.3) is 5.91 Å². The molecule has 1 aromatic carbocycles. The molecule has 7 nitrogen and oxygen atoms in total. The number of benzene rings is 1. The van der Waals surface area contributed by atoms with E-state index in [0.29, 0.717) is 11.1 Å². The molecule has 2 heterocycles. The van der Waals surface area contributed by atoms with E-state index in [0.717, 1.165) is 5.01 Å². The maximum absolute atomic E-state index is 11.8. The van der Waals surface area contributed by atoms with Gasteiger partial charge in [-0.15, -0.1) is 5.01 Å². The third kappa shape index (κ3) is 1.95. The van der Waals surface area contributed by atoms with Crippen molar-refractivity contribution in [3.8, 4) is 0 Å². The van der Waals surface area contributed by atoms with Crippen molar-refractivity contribution in [3.05, 3.63) is 24.3 Å². The van der Waals surface area contributed by atoms with Crippen LogP contribution in [0.4, 0.5) is 6.01 Å². The van der Waals surface area contributed by atoms with Crippen molar-refractivity contribution in [2.24, 2.45) is 5.10 Å². The SMILES string of the molecule is O=C(O)C1=NN(c2nc3ccccc3o2)C(=O)CC1. The van der Waals surface area contributed by atoms with E-state index in [2.05, 4.69) is 10.1 Å². The molecule has 1 aromatic heterocycles. The van der Waals surface area contributed by atoms with Gasteiger partial charge >= 0.3 is 12.0 Å². The molecule has 0 spiro atoms. The smallest absolute Gasteiger partial charge is 0.352 e. The Hall–Kier alpha value is -2.70. The van der Waals surface area contributed by atoms with E-state index in [-0.39, 0.29) is 30.5 Å². The van der Waals surface area contributed by atoms with Crippen molar-refractivity contribution in [1.29, 1.82) is 0 Å². The first-order chi connectivity index (χ1) is 9.15. The van der Waals surface area contributed by atoms with Crippen LogP contribution in [0.1, 0.15) is 12.8 Å². The summed E-state index contributed by atoms with van der Waals surface area (Å²) in [6.45, 7) is 0. The van der Waals surface area contributed by atoms with Crippen LogP contribution in [-0.2, 0) is 9.59 Å². The number of carbonyl (C=O) groups is 2. The van der Waals surface area contributed by atoms with Crippen molar-refractivity contribution >= 4 is 34.7 Å². The summed E-state index contributed by atoms with van der Waals surface area (Å²) in [6.07, 6.45) is 0.189. The number of hydrazone groups is 1. The number of amides is 1. The van der Waals surface area contributed by atoms with Crippen molar-refractivity contribution in [3.63, 3.8) is 0 Å². The monoisotopic (exact) mass is 259 g/mol. The minimum absolute atomic E-state index is 0.00958. The fourth-order valence-corrected chi connectivity index (χ4v) is 1.81. The number of oxazole rings is 1. The zero-order chi connectivity index (χ0) is 13.4. The Labute approximate surface area is 107 Å². The van der Waals surface area contributed by atoms with Gasteiger partial charge in [0.1, 0.15) is 11.2 Å². The third-order valence-corrected chi connectivity index (χ3v) is 2.74. The average Bonchev–Trinajstić information content (AvgIpc) is 2.82. The van der Waals surface area contributed by atoms with Crippen LogP contribution in [-0.4, -0.2) is 27.7 Å². The predicted molar refractivity (Wildman–Crippen MR) is 65.8 cm³/mol. The Morgan fingerprint density at radius 1 is 1.32 bits per heavy atom. The fourth-order valence-electron chi connectivity index (χ4n) is 1.81. The summed E-state index contributed by atoms with van der Waals surface area (Å²) in [5.41, 5.74) is 1.02. The first-order valence-corrected chi connectivity index (χ1v) is 5.64. The van der Waals surface area contributed by atoms with Crippen molar-refractivity contribution in [1.82, 2.24) is 4.98 Å². The maximum Gasteiger partial charge on any atom is 0.352 e. The molecule has 0 fully saturated rings. The Balaban J connectivity index is 2.06. The van der Waals surface area contributed by atoms with Gasteiger partial charge in [-0.05, 0) is 12.1 Å². The van der Waals surface area contributed by atoms with E-state index in [1.165, 1.54) is 0 Å². The van der Waals surface area contributed by atoms with Crippen LogP contribution in [0.3, 0.4) is 0 Å². The summed E-state index contributed by atoms with van der Waals surface area (Å²) < 4.78 is 5.40. The summed E-state index contributed by atoms with van der Waals surface area (Å²) in [7, 11) is 0. The number of carboxylic acids is 1. The fraction of sp³-hybridized carbons (Fsp3) is 0.167. The van der Waals surface area contributed by atoms with Gasteiger partial charge in [-0.25, -0.2) is 4.79 Å². The predicted octanol–water partition coefficient (Wildman–Crippen LogP) is 1.40. The van der Waals surface area contributed by atoms with Gasteiger partial charge in [-0.2, -0.15) is 10.1 Å². The first-order valence-electron chi connectivity index (χ1n) is 5.64. The Morgan fingerprint density at radius 2 is 2.11 bits per heavy atom. The second-order valence-corrected chi connectivity index (χ2v) is 4.02. The molecule has 0 aliphatic carbocycles. The molecule has 0 atom stereocenters. The Kier molecular flexibility index (Phi) is 2.52. The van der Waals surface area contributed by atoms with Crippen LogP contribution in [0.25, 0.3) is 11.1 Å². The highest BCUT2D eigenvalue weighted by molar-refractivity contribution is 6.37. The first kappa shape index (κ1) is 11.4. The van der Waals surface area contributed by atoms with Gasteiger partial charge in [-0.3, -0.25) is 4.79 Å². The van der Waals surface area contributed by atoms with E-state index in [4.69, 9.17) is 9.52 Å². The van der Waals surface area contributed by atoms with E-state index in [1.54, 1.807) is 24.3 Å². The molecule has 0 saturated heterocycles. The quantitative estimate of drug-likeness (QED) is 0.879. The van der Waals surface area contributed by atoms with Gasteiger partial charge in [-0.1, -0.05) is 12.1 Å². The minimum atomic E-state index is -1.14. The maximum atomic E-state index is 11.8. The second kappa shape index (κ2) is 4.20. The normalized spacial score (nSPS) is 15.7. The van der Waals surface area contributed by atoms with Crippen LogP contribution >= 0.6 is 0 Å². The summed E-state index contributed by atoms with van der Waals surface area (Å²) in [6, 6.07) is 7.00. The number of hydrogen-bond acceptors (Lipinski definition) is 5. The molecule has 1 amide bonds. The average molecular weight is 259 g/mol. The van der Waals surface area contributed by atoms with E-state index < -0.39 is 5.97 Å². The lowest BCUT2D eigenvalue weighted by molar-refractivity contribution is -0.129. The number of carboxylic acid groups (broad SMARTS) is 1. The van der Waals surface area contributed by atoms with E-state index >= 15 is 0 Å². The highest BCUT2D eigenvalue weighted by Crippen LogP contribution is 2.24. The van der Waals surface area contributed by atoms with E-state index in [1.807, 2.05) is 0 Å². The summed E-state index contributed by atoms with van der Waals surface area (Å²) in [5.74, 6) is -1.48. The van der Waals surface area contributed by atoms with Crippen molar-refractivity contribution in [2.75, 3.05) is 5.01 Å². The molecule has 0 saturated carbocycles. The molecule has 0 unspecified atom stereocenters. The molecular weight excluding hydrogens is 250 g/mol. The highest BCUT2D eigenvalue weighted by Gasteiger charge is 2.28. The van der Waals surface area contributed by atoms with Gasteiger partial charge in [0.2, 0.25) is 0 Å². The van der Waals surface area contributed by atoms with Crippen molar-refractivity contribution < 1.29 is 19.1 Å². The molecule has 1 aliphatic heterocycles. The van der Waals surface area contributed by atoms with Gasteiger partial charge in [0.15, 0.2) is 5.58 Å². The van der Waals surface area contributed by atoms with Gasteiger partial charge in [0, 0.05) is 12.8 Å². The zero-order valence-corrected chi connectivity index (χ0v) is 9.74. The third-order valence-electron chi connectivity index (χ3n) is 2.74. The largest absolute Gasteiger partial charge is 0.477 e. The van der Waals surface area contributed by atoms with Crippen LogP contribution in [0.15, 0.2) is 33.8 Å². The molecular formula is C12H9N3O4. The number of para-hydroxylation sites is 2. The van der Waals surface area contributed by atoms with E-state index in [9.17, 15) is 9.59 Å². The number of aromatic nitrogens is 1. The number of aliphatic carboxylic acids is 1. The van der Waals surface area contributed by atoms with Crippen LogP contribution in [0, 0.1) is 0 Å². The number of anilines is 1. The molecule has 96 valence electrons. The Morgan fingerprint density at radius 3 is 2.84 bits per heavy atom. The molecule has 1 N–H and O–H groups in total. The minimum Gasteiger partial charge on any atom is -0.477 e. The number of nitrogens with zero attached hydrogens (tertiary/aromatic N) is 3. The molecule has 0 bridgehead atoms. The topological polar surface area (TPSA) is 96.0 Å². The summed E-state index contributed by atoms with van der Waals surface area (Å²) in [5, 5.41) is 13.6. The zero-order valence-electron chi connectivity index (χ0n) is 9.74. The lowest BCUT2D eigenvalue weighted by atomic mass is 10.2. The van der Waals surface area contributed by atoms with Crippen LogP contribution in [0.5, 0.6) is 0 Å². The number of carbonyl (C=O) groups excluding carboxylic acids is 1. The van der Waals surface area contributed by atoms with Crippen molar-refractivity contribution in [2.45, 2.75) is 12.8 Å². The number of fused-ring (bicyclic) bond motifs is 1. The number of hydrogen-bond donors (Lipinski definition) is 1. The summed E-state index contributed by atoms with van der Waals surface area (Å²) >= 11 is 0. The molecule has 19 heavy (non-hydrogen) atoms. The Bertz CT molecular complexity index is 671. The van der Waals surface area contributed by atoms with Crippen LogP contribution in [0.2, 0.25) is 0 Å². The number of rotatable bonds is 2. The molecule has 3 rings (SSSR count). The molecule has 2 aromatic rings. The summed E-state index contributed by atoms with van der Waals surface area (Å²) in [4.78, 5) is 26.8. The standard InChI is InChI=1S/C12H9N3O4/c16-10-6-5-8(11(17)18)14-15(10)12-13-7-3-1-2-4-9(7)19-12/h1-4H,5-6H2,(H,17,18). The van der Waals surface area contributed by atoms with Gasteiger partial charge < -0.3 is 9.52 Å². The lowest BCUT2D eigenvalue weighted by Gasteiger charge is -2.17. The van der Waals surface area contributed by atoms with Gasteiger partial charge in [0.05, 0.1) is 0 Å².